The minimum absolute atomic E-state index is 0.0792. The number of halogens is 3. The Morgan fingerprint density at radius 1 is 0.917 bits per heavy atom. The second-order valence-corrected chi connectivity index (χ2v) is 7.74. The number of benzene rings is 2. The van der Waals surface area contributed by atoms with Crippen molar-refractivity contribution in [2.24, 2.45) is 0 Å². The van der Waals surface area contributed by atoms with Crippen molar-refractivity contribution >= 4 is 33.7 Å². The Labute approximate surface area is 204 Å². The molecule has 4 rings (SSSR count). The van der Waals surface area contributed by atoms with E-state index in [1.165, 1.54) is 19.2 Å². The highest BCUT2D eigenvalue weighted by molar-refractivity contribution is 5.98. The van der Waals surface area contributed by atoms with Crippen LogP contribution in [0.3, 0.4) is 0 Å². The summed E-state index contributed by atoms with van der Waals surface area (Å²) in [6.45, 7) is 3.76. The lowest BCUT2D eigenvalue weighted by Gasteiger charge is -2.11. The number of esters is 1. The molecule has 0 spiro atoms. The first-order valence-corrected chi connectivity index (χ1v) is 10.9. The van der Waals surface area contributed by atoms with Gasteiger partial charge in [-0.2, -0.15) is 13.2 Å². The minimum Gasteiger partial charge on any atom is -0.507 e. The van der Waals surface area contributed by atoms with E-state index in [1.807, 2.05) is 30.7 Å². The maximum absolute atomic E-state index is 12.2. The molecule has 2 heterocycles. The molecule has 0 aliphatic carbocycles. The number of nitrogens with zero attached hydrogens (tertiary/aromatic N) is 2. The van der Waals surface area contributed by atoms with E-state index in [-0.39, 0.29) is 17.1 Å². The third kappa shape index (κ3) is 5.73. The number of carboxylic acid groups (broad SMARTS) is 1. The molecule has 0 amide bonds. The lowest BCUT2D eigenvalue weighted by atomic mass is 10.1. The van der Waals surface area contributed by atoms with Gasteiger partial charge in [0.15, 0.2) is 6.61 Å². The Kier molecular flexibility index (Phi) is 7.81. The number of rotatable bonds is 6. The zero-order chi connectivity index (χ0) is 26.6. The number of aromatic carboxylic acids is 1. The summed E-state index contributed by atoms with van der Waals surface area (Å²) < 4.78 is 49.7. The molecule has 0 bridgehead atoms. The fraction of sp³-hybridized carbons (Fsp3) is 0.280. The number of aromatic hydroxyl groups is 1. The van der Waals surface area contributed by atoms with Gasteiger partial charge in [0.05, 0.1) is 29.3 Å². The number of aromatic nitrogens is 2. The van der Waals surface area contributed by atoms with E-state index in [0.717, 1.165) is 23.5 Å². The fourth-order valence-electron chi connectivity index (χ4n) is 3.73. The molecular weight excluding hydrogens is 481 g/mol. The molecule has 2 aromatic carbocycles. The van der Waals surface area contributed by atoms with Crippen LogP contribution in [0, 0.1) is 0 Å². The number of phenolic OH excluding ortho intramolecular Hbond substituents is 1. The van der Waals surface area contributed by atoms with Crippen LogP contribution in [-0.4, -0.2) is 51.2 Å². The Morgan fingerprint density at radius 3 is 2.00 bits per heavy atom. The first-order valence-electron chi connectivity index (χ1n) is 10.9. The summed E-state index contributed by atoms with van der Waals surface area (Å²) in [4.78, 5) is 22.4. The number of methoxy groups -OCH3 is 1. The smallest absolute Gasteiger partial charge is 0.422 e. The van der Waals surface area contributed by atoms with Crippen LogP contribution in [0.2, 0.25) is 0 Å². The van der Waals surface area contributed by atoms with Gasteiger partial charge < -0.3 is 28.8 Å². The van der Waals surface area contributed by atoms with Crippen molar-refractivity contribution in [2.75, 3.05) is 13.7 Å². The number of carboxylic acids is 1. The normalized spacial score (nSPS) is 11.3. The summed E-state index contributed by atoms with van der Waals surface area (Å²) in [5.41, 5.74) is 1.62. The van der Waals surface area contributed by atoms with Crippen LogP contribution < -0.4 is 4.74 Å². The van der Waals surface area contributed by atoms with Gasteiger partial charge >= 0.3 is 18.1 Å². The van der Waals surface area contributed by atoms with E-state index in [0.29, 0.717) is 23.0 Å². The first-order chi connectivity index (χ1) is 17.0. The minimum atomic E-state index is -4.47. The van der Waals surface area contributed by atoms with E-state index < -0.39 is 24.7 Å². The van der Waals surface area contributed by atoms with Crippen LogP contribution >= 0.6 is 0 Å². The summed E-state index contributed by atoms with van der Waals surface area (Å²) in [7, 11) is 1.32. The molecule has 36 heavy (non-hydrogen) atoms. The monoisotopic (exact) mass is 506 g/mol. The summed E-state index contributed by atoms with van der Waals surface area (Å²) in [5, 5.41) is 20.0. The number of carbonyl (C=O) groups excluding carboxylic acids is 1. The van der Waals surface area contributed by atoms with Crippen molar-refractivity contribution in [3.63, 3.8) is 0 Å². The number of alkyl halides is 3. The van der Waals surface area contributed by atoms with Gasteiger partial charge in [-0.25, -0.2) is 9.59 Å². The number of ether oxygens (including phenoxy) is 2. The zero-order valence-corrected chi connectivity index (χ0v) is 19.8. The van der Waals surface area contributed by atoms with Crippen molar-refractivity contribution in [3.05, 3.63) is 59.9 Å². The quantitative estimate of drug-likeness (QED) is 0.337. The highest BCUT2D eigenvalue weighted by Gasteiger charge is 2.29. The van der Waals surface area contributed by atoms with Gasteiger partial charge in [0.25, 0.3) is 0 Å². The zero-order valence-electron chi connectivity index (χ0n) is 19.8. The summed E-state index contributed by atoms with van der Waals surface area (Å²) >= 11 is 0. The molecule has 0 fully saturated rings. The standard InChI is InChI=1S/C13H12F3NO3.C12H13NO3/c1-2-17-4-3-9-10(17)5-8(12(18)19)6-11(9)20-7-13(14,15)16;1-3-13-5-4-9-10(13)6-8(7-11(9)14)12(15)16-2/h3-6H,2,7H2,1H3,(H,18,19);4-7,14H,3H2,1-2H3. The summed E-state index contributed by atoms with van der Waals surface area (Å²) in [6.07, 6.45) is -0.916. The predicted molar refractivity (Wildman–Crippen MR) is 127 cm³/mol. The molecule has 0 aliphatic rings. The molecule has 8 nitrogen and oxygen atoms in total. The van der Waals surface area contributed by atoms with Gasteiger partial charge in [-0.1, -0.05) is 0 Å². The van der Waals surface area contributed by atoms with Crippen LogP contribution in [-0.2, 0) is 17.8 Å². The van der Waals surface area contributed by atoms with Crippen LogP contribution in [0.5, 0.6) is 11.5 Å². The lowest BCUT2D eigenvalue weighted by molar-refractivity contribution is -0.153. The molecule has 192 valence electrons. The van der Waals surface area contributed by atoms with Crippen molar-refractivity contribution in [1.82, 2.24) is 9.13 Å². The van der Waals surface area contributed by atoms with E-state index in [1.54, 1.807) is 22.9 Å². The third-order valence-corrected chi connectivity index (χ3v) is 5.46. The van der Waals surface area contributed by atoms with E-state index >= 15 is 0 Å². The predicted octanol–water partition coefficient (Wildman–Crippen LogP) is 5.45. The van der Waals surface area contributed by atoms with Crippen molar-refractivity contribution in [2.45, 2.75) is 33.1 Å². The molecule has 0 saturated heterocycles. The second-order valence-electron chi connectivity index (χ2n) is 7.74. The Bertz CT molecular complexity index is 1400. The van der Waals surface area contributed by atoms with Crippen LogP contribution in [0.4, 0.5) is 13.2 Å². The average molecular weight is 506 g/mol. The molecule has 0 saturated carbocycles. The van der Waals surface area contributed by atoms with E-state index in [2.05, 4.69) is 4.74 Å². The second kappa shape index (κ2) is 10.6. The van der Waals surface area contributed by atoms with Gasteiger partial charge in [0, 0.05) is 36.3 Å². The van der Waals surface area contributed by atoms with Crippen molar-refractivity contribution < 1.29 is 42.4 Å². The first kappa shape index (κ1) is 26.5. The van der Waals surface area contributed by atoms with Gasteiger partial charge in [-0.05, 0) is 50.2 Å². The molecule has 0 aliphatic heterocycles. The fourth-order valence-corrected chi connectivity index (χ4v) is 3.73. The van der Waals surface area contributed by atoms with Crippen LogP contribution in [0.15, 0.2) is 48.8 Å². The van der Waals surface area contributed by atoms with Gasteiger partial charge in [0.2, 0.25) is 0 Å². The molecule has 4 aromatic rings. The Morgan fingerprint density at radius 2 is 1.47 bits per heavy atom. The lowest BCUT2D eigenvalue weighted by Crippen LogP contribution is -2.19. The SMILES string of the molecule is CCn1ccc2c(O)cc(C(=O)OC)cc21.CCn1ccc2c(OCC(F)(F)F)cc(C(=O)O)cc21. The van der Waals surface area contributed by atoms with Crippen LogP contribution in [0.25, 0.3) is 21.8 Å². The molecule has 0 radical (unpaired) electrons. The number of carbonyl (C=O) groups is 2. The maximum atomic E-state index is 12.2. The molecule has 0 unspecified atom stereocenters. The van der Waals surface area contributed by atoms with Crippen LogP contribution in [0.1, 0.15) is 34.6 Å². The Hall–Kier alpha value is -4.15. The Balaban J connectivity index is 0.000000205. The highest BCUT2D eigenvalue weighted by Crippen LogP contribution is 2.31. The maximum Gasteiger partial charge on any atom is 0.422 e. The molecule has 2 aromatic heterocycles. The van der Waals surface area contributed by atoms with Crippen molar-refractivity contribution in [1.29, 1.82) is 0 Å². The van der Waals surface area contributed by atoms with E-state index in [9.17, 15) is 27.9 Å². The van der Waals surface area contributed by atoms with Crippen molar-refractivity contribution in [3.8, 4) is 11.5 Å². The number of hydrogen-bond donors (Lipinski definition) is 2. The van der Waals surface area contributed by atoms with E-state index in [4.69, 9.17) is 9.84 Å². The largest absolute Gasteiger partial charge is 0.507 e. The third-order valence-electron chi connectivity index (χ3n) is 5.46. The average Bonchev–Trinajstić information content (AvgIpc) is 3.45. The van der Waals surface area contributed by atoms with Gasteiger partial charge in [-0.15, -0.1) is 0 Å². The molecular formula is C25H25F3N2O6. The molecule has 11 heteroatoms. The molecule has 2 N–H and O–H groups in total. The summed E-state index contributed by atoms with van der Waals surface area (Å²) in [5.74, 6) is -1.64. The highest BCUT2D eigenvalue weighted by atomic mass is 19.4. The van der Waals surface area contributed by atoms with Gasteiger partial charge in [0.1, 0.15) is 11.5 Å². The number of fused-ring (bicyclic) bond motifs is 2. The number of phenols is 1. The number of aryl methyl sites for hydroxylation is 2. The van der Waals surface area contributed by atoms with Gasteiger partial charge in [-0.3, -0.25) is 0 Å². The number of hydrogen-bond acceptors (Lipinski definition) is 5. The topological polar surface area (TPSA) is 103 Å². The summed E-state index contributed by atoms with van der Waals surface area (Å²) in [6, 6.07) is 9.11. The molecule has 0 atom stereocenters.